The minimum absolute atomic E-state index is 0.162. The molecule has 1 aliphatic rings. The molecule has 0 saturated heterocycles. The third-order valence-electron chi connectivity index (χ3n) is 3.31. The van der Waals surface area contributed by atoms with Gasteiger partial charge in [-0.1, -0.05) is 6.92 Å². The van der Waals surface area contributed by atoms with E-state index in [2.05, 4.69) is 4.98 Å². The van der Waals surface area contributed by atoms with E-state index in [1.54, 1.807) is 6.92 Å². The maximum Gasteiger partial charge on any atom is 0.373 e. The summed E-state index contributed by atoms with van der Waals surface area (Å²) in [5, 5.41) is 8.94. The van der Waals surface area contributed by atoms with Crippen molar-refractivity contribution in [3.05, 3.63) is 17.3 Å². The first kappa shape index (κ1) is 13.0. The average molecular weight is 259 g/mol. The highest BCUT2D eigenvalue weighted by atomic mass is 19.3. The van der Waals surface area contributed by atoms with Gasteiger partial charge in [0.25, 0.3) is 0 Å². The Kier molecular flexibility index (Phi) is 3.36. The number of alkyl halides is 2. The molecule has 0 atom stereocenters. The zero-order chi connectivity index (χ0) is 13.3. The highest BCUT2D eigenvalue weighted by molar-refractivity contribution is 5.85. The second-order valence-electron chi connectivity index (χ2n) is 4.62. The monoisotopic (exact) mass is 259 g/mol. The van der Waals surface area contributed by atoms with Gasteiger partial charge in [-0.25, -0.2) is 18.6 Å². The van der Waals surface area contributed by atoms with Crippen molar-refractivity contribution in [2.45, 2.75) is 50.9 Å². The summed E-state index contributed by atoms with van der Waals surface area (Å²) < 4.78 is 31.3. The van der Waals surface area contributed by atoms with E-state index in [4.69, 9.17) is 9.52 Å². The van der Waals surface area contributed by atoms with Crippen LogP contribution in [-0.2, 0) is 6.42 Å². The fraction of sp³-hybridized carbons (Fsp3) is 0.667. The molecule has 1 fully saturated rings. The maximum absolute atomic E-state index is 13.0. The lowest BCUT2D eigenvalue weighted by Crippen LogP contribution is -2.23. The highest BCUT2D eigenvalue weighted by Gasteiger charge is 2.37. The van der Waals surface area contributed by atoms with Gasteiger partial charge in [0.2, 0.25) is 11.7 Å². The molecular formula is C12H15F2NO3. The normalized spacial score (nSPS) is 19.9. The van der Waals surface area contributed by atoms with Gasteiger partial charge in [-0.3, -0.25) is 0 Å². The van der Waals surface area contributed by atoms with E-state index in [9.17, 15) is 13.6 Å². The first-order valence-corrected chi connectivity index (χ1v) is 6.03. The van der Waals surface area contributed by atoms with E-state index in [1.807, 2.05) is 0 Å². The summed E-state index contributed by atoms with van der Waals surface area (Å²) in [6.07, 6.45) is 0.646. The van der Waals surface area contributed by atoms with Crippen molar-refractivity contribution in [3.8, 4) is 0 Å². The summed E-state index contributed by atoms with van der Waals surface area (Å²) in [6, 6.07) is 0. The first-order chi connectivity index (χ1) is 8.43. The Hall–Kier alpha value is -1.46. The molecule has 4 nitrogen and oxygen atoms in total. The molecule has 1 heterocycles. The van der Waals surface area contributed by atoms with Gasteiger partial charge in [-0.05, 0) is 19.3 Å². The van der Waals surface area contributed by atoms with E-state index in [0.29, 0.717) is 18.0 Å². The van der Waals surface area contributed by atoms with Crippen molar-refractivity contribution < 1.29 is 23.1 Å². The SMILES string of the molecule is CCc1nc(C2CCC(F)(F)CC2)oc1C(=O)O. The maximum atomic E-state index is 13.0. The minimum atomic E-state index is -2.60. The Labute approximate surface area is 103 Å². The second-order valence-corrected chi connectivity index (χ2v) is 4.62. The highest BCUT2D eigenvalue weighted by Crippen LogP contribution is 2.40. The molecule has 0 unspecified atom stereocenters. The molecule has 0 aliphatic heterocycles. The molecule has 0 amide bonds. The van der Waals surface area contributed by atoms with Crippen LogP contribution in [0.3, 0.4) is 0 Å². The number of hydrogen-bond acceptors (Lipinski definition) is 3. The van der Waals surface area contributed by atoms with Gasteiger partial charge in [0.15, 0.2) is 5.89 Å². The molecular weight excluding hydrogens is 244 g/mol. The van der Waals surface area contributed by atoms with Crippen molar-refractivity contribution >= 4 is 5.97 Å². The van der Waals surface area contributed by atoms with Crippen LogP contribution in [0.5, 0.6) is 0 Å². The standard InChI is InChI=1S/C12H15F2NO3/c1-2-8-9(11(16)17)18-10(15-8)7-3-5-12(13,14)6-4-7/h7H,2-6H2,1H3,(H,16,17). The topological polar surface area (TPSA) is 63.3 Å². The van der Waals surface area contributed by atoms with Crippen LogP contribution in [-0.4, -0.2) is 22.0 Å². The van der Waals surface area contributed by atoms with Crippen LogP contribution < -0.4 is 0 Å². The Balaban J connectivity index is 2.17. The number of carboxylic acids is 1. The lowest BCUT2D eigenvalue weighted by molar-refractivity contribution is -0.0399. The van der Waals surface area contributed by atoms with Crippen LogP contribution in [0.2, 0.25) is 0 Å². The second kappa shape index (κ2) is 4.66. The number of rotatable bonds is 3. The quantitative estimate of drug-likeness (QED) is 0.905. The summed E-state index contributed by atoms with van der Waals surface area (Å²) >= 11 is 0. The van der Waals surface area contributed by atoms with Crippen molar-refractivity contribution in [2.75, 3.05) is 0 Å². The fourth-order valence-corrected chi connectivity index (χ4v) is 2.24. The number of carbonyl (C=O) groups is 1. The molecule has 1 aromatic heterocycles. The fourth-order valence-electron chi connectivity index (χ4n) is 2.24. The molecule has 1 aromatic rings. The summed E-state index contributed by atoms with van der Waals surface area (Å²) in [7, 11) is 0. The molecule has 0 radical (unpaired) electrons. The number of aryl methyl sites for hydroxylation is 1. The van der Waals surface area contributed by atoms with Crippen LogP contribution in [0.15, 0.2) is 4.42 Å². The van der Waals surface area contributed by atoms with Crippen molar-refractivity contribution in [1.82, 2.24) is 4.98 Å². The number of hydrogen-bond donors (Lipinski definition) is 1. The van der Waals surface area contributed by atoms with Crippen LogP contribution in [0.25, 0.3) is 0 Å². The molecule has 1 aliphatic carbocycles. The largest absolute Gasteiger partial charge is 0.475 e. The summed E-state index contributed by atoms with van der Waals surface area (Å²) in [4.78, 5) is 15.1. The molecule has 18 heavy (non-hydrogen) atoms. The summed E-state index contributed by atoms with van der Waals surface area (Å²) in [5.41, 5.74) is 0.384. The number of aromatic nitrogens is 1. The van der Waals surface area contributed by atoms with E-state index < -0.39 is 11.9 Å². The lowest BCUT2D eigenvalue weighted by Gasteiger charge is -2.26. The van der Waals surface area contributed by atoms with Crippen LogP contribution in [0, 0.1) is 0 Å². The van der Waals surface area contributed by atoms with E-state index >= 15 is 0 Å². The summed E-state index contributed by atoms with van der Waals surface area (Å²) in [6.45, 7) is 1.78. The number of oxazole rings is 1. The molecule has 1 saturated carbocycles. The van der Waals surface area contributed by atoms with Crippen LogP contribution >= 0.6 is 0 Å². The Morgan fingerprint density at radius 1 is 1.50 bits per heavy atom. The Morgan fingerprint density at radius 3 is 2.56 bits per heavy atom. The van der Waals surface area contributed by atoms with Gasteiger partial charge in [0, 0.05) is 18.8 Å². The Bertz CT molecular complexity index is 446. The predicted molar refractivity (Wildman–Crippen MR) is 59.0 cm³/mol. The van der Waals surface area contributed by atoms with Crippen LogP contribution in [0.1, 0.15) is 60.7 Å². The van der Waals surface area contributed by atoms with Gasteiger partial charge in [-0.15, -0.1) is 0 Å². The zero-order valence-corrected chi connectivity index (χ0v) is 10.1. The molecule has 0 aromatic carbocycles. The van der Waals surface area contributed by atoms with E-state index in [0.717, 1.165) is 0 Å². The van der Waals surface area contributed by atoms with Gasteiger partial charge in [0.1, 0.15) is 0 Å². The van der Waals surface area contributed by atoms with Gasteiger partial charge >= 0.3 is 5.97 Å². The Morgan fingerprint density at radius 2 is 2.11 bits per heavy atom. The van der Waals surface area contributed by atoms with Crippen LogP contribution in [0.4, 0.5) is 8.78 Å². The third-order valence-corrected chi connectivity index (χ3v) is 3.31. The molecule has 6 heteroatoms. The smallest absolute Gasteiger partial charge is 0.373 e. The number of nitrogens with zero attached hydrogens (tertiary/aromatic N) is 1. The lowest BCUT2D eigenvalue weighted by atomic mass is 9.87. The molecule has 1 N–H and O–H groups in total. The third kappa shape index (κ3) is 2.52. The van der Waals surface area contributed by atoms with Gasteiger partial charge < -0.3 is 9.52 Å². The van der Waals surface area contributed by atoms with Gasteiger partial charge in [0.05, 0.1) is 5.69 Å². The molecule has 0 spiro atoms. The van der Waals surface area contributed by atoms with E-state index in [-0.39, 0.29) is 37.4 Å². The first-order valence-electron chi connectivity index (χ1n) is 6.03. The molecule has 2 rings (SSSR count). The van der Waals surface area contributed by atoms with Crippen molar-refractivity contribution in [2.24, 2.45) is 0 Å². The van der Waals surface area contributed by atoms with E-state index in [1.165, 1.54) is 0 Å². The number of halogens is 2. The van der Waals surface area contributed by atoms with Crippen molar-refractivity contribution in [1.29, 1.82) is 0 Å². The van der Waals surface area contributed by atoms with Crippen molar-refractivity contribution in [3.63, 3.8) is 0 Å². The number of carboxylic acid groups (broad SMARTS) is 1. The predicted octanol–water partition coefficient (Wildman–Crippen LogP) is 3.23. The van der Waals surface area contributed by atoms with Gasteiger partial charge in [-0.2, -0.15) is 0 Å². The zero-order valence-electron chi connectivity index (χ0n) is 10.1. The molecule has 0 bridgehead atoms. The minimum Gasteiger partial charge on any atom is -0.475 e. The number of aromatic carboxylic acids is 1. The molecule has 100 valence electrons. The average Bonchev–Trinajstić information content (AvgIpc) is 2.73. The summed E-state index contributed by atoms with van der Waals surface area (Å²) in [5.74, 6) is -3.83.